The first-order valence-electron chi connectivity index (χ1n) is 9.09. The molecule has 3 aromatic rings. The quantitative estimate of drug-likeness (QED) is 0.134. The molecule has 0 radical (unpaired) electrons. The molecule has 0 atom stereocenters. The van der Waals surface area contributed by atoms with Crippen LogP contribution >= 0.6 is 7.31 Å². The third-order valence-electron chi connectivity index (χ3n) is 5.21. The summed E-state index contributed by atoms with van der Waals surface area (Å²) in [6.07, 6.45) is 0. The van der Waals surface area contributed by atoms with E-state index in [2.05, 4.69) is 0 Å². The fourth-order valence-electron chi connectivity index (χ4n) is 3.66. The summed E-state index contributed by atoms with van der Waals surface area (Å²) >= 11 is 0. The van der Waals surface area contributed by atoms with Crippen LogP contribution in [0, 0.1) is 69.8 Å². The maximum atomic E-state index is 14.5. The molecule has 3 aromatic carbocycles. The van der Waals surface area contributed by atoms with Crippen LogP contribution < -0.4 is 46.0 Å². The molecule has 0 N–H and O–H groups in total. The van der Waals surface area contributed by atoms with Crippen LogP contribution in [0.2, 0.25) is 0 Å². The second kappa shape index (κ2) is 6.99. The average Bonchev–Trinajstić information content (AvgIpc) is 3.48. The molecule has 3 aliphatic rings. The summed E-state index contributed by atoms with van der Waals surface area (Å²) in [6.45, 7) is 0. The fourth-order valence-corrected chi connectivity index (χ4v) is 7.43. The largest absolute Gasteiger partial charge is 1.00 e. The molecule has 3 aliphatic heterocycles. The van der Waals surface area contributed by atoms with E-state index in [1.54, 1.807) is 0 Å². The van der Waals surface area contributed by atoms with E-state index in [0.29, 0.717) is 0 Å². The van der Waals surface area contributed by atoms with Crippen LogP contribution in [-0.4, -0.2) is 0 Å². The van der Waals surface area contributed by atoms with Crippen molar-refractivity contribution in [2.45, 2.75) is 0 Å². The number of benzene rings is 3. The second-order valence-electron chi connectivity index (χ2n) is 7.41. The molecule has 6 rings (SSSR count). The molecular weight excluding hydrogens is 578 g/mol. The molecule has 0 saturated heterocycles. The Morgan fingerprint density at radius 3 is 0.526 bits per heavy atom. The van der Waals surface area contributed by atoms with Crippen LogP contribution in [0.15, 0.2) is 0 Å². The predicted molar refractivity (Wildman–Crippen MR) is 89.5 cm³/mol. The summed E-state index contributed by atoms with van der Waals surface area (Å²) in [6, 6.07) is 0. The summed E-state index contributed by atoms with van der Waals surface area (Å²) in [5.41, 5.74) is 0. The minimum Gasteiger partial charge on any atom is 1.00 e. The van der Waals surface area contributed by atoms with E-state index in [1.807, 2.05) is 0 Å². The Kier molecular flexibility index (Phi) is 4.83. The Bertz CT molecular complexity index is 1360. The third-order valence-corrected chi connectivity index (χ3v) is 8.55. The van der Waals surface area contributed by atoms with Gasteiger partial charge in [0.25, 0.3) is 0 Å². The smallest absolute Gasteiger partial charge is 1.00 e. The molecule has 0 bridgehead atoms. The van der Waals surface area contributed by atoms with E-state index in [9.17, 15) is 52.7 Å². The van der Waals surface area contributed by atoms with E-state index in [1.165, 1.54) is 0 Å². The molecule has 6 nitrogen and oxygen atoms in total. The van der Waals surface area contributed by atoms with Gasteiger partial charge in [0.1, 0.15) is 0 Å². The Balaban J connectivity index is 0.00000294. The molecule has 0 saturated carbocycles. The molecule has 0 unspecified atom stereocenters. The minimum absolute atomic E-state index is 0. The van der Waals surface area contributed by atoms with Crippen LogP contribution in [0.4, 0.5) is 52.7 Å². The van der Waals surface area contributed by atoms with Crippen LogP contribution in [-0.2, 0) is 0 Å². The predicted octanol–water partition coefficient (Wildman–Crippen LogP) is 3.65. The second-order valence-corrected chi connectivity index (χ2v) is 10.7. The molecule has 0 fully saturated rings. The Labute approximate surface area is 210 Å². The van der Waals surface area contributed by atoms with E-state index in [4.69, 9.17) is 27.1 Å². The topological polar surface area (TPSA) is 55.4 Å². The van der Waals surface area contributed by atoms with Gasteiger partial charge in [-0.3, -0.25) is 0 Å². The van der Waals surface area contributed by atoms with Gasteiger partial charge in [0.15, 0.2) is 0 Å². The maximum Gasteiger partial charge on any atom is 1.00 e. The maximum absolute atomic E-state index is 14.5. The van der Waals surface area contributed by atoms with Crippen LogP contribution in [0.1, 0.15) is 0 Å². The molecule has 1 spiro atoms. The van der Waals surface area contributed by atoms with Crippen molar-refractivity contribution in [3.63, 3.8) is 0 Å². The van der Waals surface area contributed by atoms with Crippen LogP contribution in [0.5, 0.6) is 34.5 Å². The molecule has 38 heavy (non-hydrogen) atoms. The van der Waals surface area contributed by atoms with Crippen molar-refractivity contribution in [2.24, 2.45) is 0 Å². The number of halogens is 12. The number of hydrogen-bond donors (Lipinski definition) is 0. The van der Waals surface area contributed by atoms with Crippen molar-refractivity contribution in [1.82, 2.24) is 0 Å². The standard InChI is InChI=1S/C18F12O6P.Li/c19-1-2(20)8(26)14-13(7(1)25)31-37(32-14,33-15-9(27)3(21)4(22)10(28)16(15)34-37)35-17-11(29)5(23)6(24)12(30)18(17)36-37;/q-1;+1. The summed E-state index contributed by atoms with van der Waals surface area (Å²) in [5.74, 6) is -42.8. The first-order valence-corrected chi connectivity index (χ1v) is 11.3. The van der Waals surface area contributed by atoms with E-state index in [-0.39, 0.29) is 18.9 Å². The minimum atomic E-state index is -8.39. The SMILES string of the molecule is Fc1c(F)c(F)c2c(c1F)O[P-]13(O2)(Oc2c(F)c(F)c(F)c(F)c2O1)Oc1c(F)c(F)c(F)c(F)c1O3.[Li+]. The van der Waals surface area contributed by atoms with Crippen molar-refractivity contribution in [3.8, 4) is 34.5 Å². The molecule has 0 amide bonds. The number of rotatable bonds is 0. The van der Waals surface area contributed by atoms with Gasteiger partial charge < -0.3 is 0 Å². The van der Waals surface area contributed by atoms with Crippen molar-refractivity contribution in [3.05, 3.63) is 69.8 Å². The molecule has 198 valence electrons. The summed E-state index contributed by atoms with van der Waals surface area (Å²) < 4.78 is 199. The summed E-state index contributed by atoms with van der Waals surface area (Å²) in [7, 11) is -8.39. The average molecular weight is 578 g/mol. The zero-order chi connectivity index (χ0) is 27.0. The summed E-state index contributed by atoms with van der Waals surface area (Å²) in [5, 5.41) is 0. The third kappa shape index (κ3) is 2.67. The van der Waals surface area contributed by atoms with E-state index < -0.39 is 112 Å². The van der Waals surface area contributed by atoms with E-state index >= 15 is 0 Å². The molecule has 0 aliphatic carbocycles. The molecule has 0 aromatic heterocycles. The molecule has 20 heteroatoms. The molecule has 3 heterocycles. The van der Waals surface area contributed by atoms with Gasteiger partial charge >= 0.3 is 210 Å². The van der Waals surface area contributed by atoms with Gasteiger partial charge in [-0.25, -0.2) is 0 Å². The first kappa shape index (κ1) is 26.3. The van der Waals surface area contributed by atoms with Gasteiger partial charge in [-0.1, -0.05) is 0 Å². The van der Waals surface area contributed by atoms with Crippen molar-refractivity contribution >= 4 is 7.31 Å². The normalized spacial score (nSPS) is 19.6. The van der Waals surface area contributed by atoms with Gasteiger partial charge in [-0.2, -0.15) is 0 Å². The van der Waals surface area contributed by atoms with Gasteiger partial charge in [-0.15, -0.1) is 0 Å². The first-order chi connectivity index (χ1) is 17.1. The summed E-state index contributed by atoms with van der Waals surface area (Å²) in [4.78, 5) is 0. The van der Waals surface area contributed by atoms with Crippen LogP contribution in [0.3, 0.4) is 0 Å². The van der Waals surface area contributed by atoms with Gasteiger partial charge in [0.2, 0.25) is 0 Å². The zero-order valence-corrected chi connectivity index (χ0v) is 18.3. The zero-order valence-electron chi connectivity index (χ0n) is 17.4. The van der Waals surface area contributed by atoms with Gasteiger partial charge in [0, 0.05) is 0 Å². The van der Waals surface area contributed by atoms with Crippen molar-refractivity contribution in [1.29, 1.82) is 0 Å². The van der Waals surface area contributed by atoms with Gasteiger partial charge in [-0.05, 0) is 0 Å². The van der Waals surface area contributed by atoms with E-state index in [0.717, 1.165) is 0 Å². The number of hydrogen-bond acceptors (Lipinski definition) is 6. The monoisotopic (exact) mass is 578 g/mol. The Hall–Kier alpha value is -3.35. The Morgan fingerprint density at radius 1 is 0.263 bits per heavy atom. The van der Waals surface area contributed by atoms with Crippen molar-refractivity contribution in [2.75, 3.05) is 0 Å². The number of fused-ring (bicyclic) bond motifs is 3. The van der Waals surface area contributed by atoms with Crippen molar-refractivity contribution < 1.29 is 98.7 Å². The Morgan fingerprint density at radius 2 is 0.395 bits per heavy atom. The molecular formula is C18F12LiO6P. The van der Waals surface area contributed by atoms with Gasteiger partial charge in [0.05, 0.1) is 0 Å². The van der Waals surface area contributed by atoms with Crippen LogP contribution in [0.25, 0.3) is 0 Å². The fraction of sp³-hybridized carbons (Fsp3) is 0.